The Hall–Kier alpha value is -1.52. The number of amides is 1. The van der Waals surface area contributed by atoms with Gasteiger partial charge >= 0.3 is 6.09 Å². The Morgan fingerprint density at radius 1 is 1.52 bits per heavy atom. The average Bonchev–Trinajstić information content (AvgIpc) is 2.87. The molecular weight excluding hydrogens is 411 g/mol. The quantitative estimate of drug-likeness (QED) is 0.378. The molecule has 1 aliphatic rings. The van der Waals surface area contributed by atoms with Gasteiger partial charge in [0.2, 0.25) is 0 Å². The summed E-state index contributed by atoms with van der Waals surface area (Å²) < 4.78 is 5.32. The number of hydrogen-bond donors (Lipinski definition) is 3. The predicted octanol–water partition coefficient (Wildman–Crippen LogP) is 1.31. The lowest BCUT2D eigenvalue weighted by Gasteiger charge is -2.40. The maximum absolute atomic E-state index is 11.8. The van der Waals surface area contributed by atoms with Gasteiger partial charge in [-0.1, -0.05) is 0 Å². The zero-order valence-corrected chi connectivity index (χ0v) is 16.3. The van der Waals surface area contributed by atoms with Crippen molar-refractivity contribution >= 4 is 36.0 Å². The highest BCUT2D eigenvalue weighted by Crippen LogP contribution is 2.15. The van der Waals surface area contributed by atoms with Gasteiger partial charge in [-0.15, -0.1) is 24.0 Å². The van der Waals surface area contributed by atoms with Crippen molar-refractivity contribution in [1.29, 1.82) is 0 Å². The van der Waals surface area contributed by atoms with Crippen LogP contribution >= 0.6 is 24.0 Å². The number of carbonyl (C=O) groups excluding carboxylic acids is 1. The highest BCUT2D eigenvalue weighted by atomic mass is 127. The largest absolute Gasteiger partial charge is 0.444 e. The second kappa shape index (κ2) is 8.37. The first-order chi connectivity index (χ1) is 10.4. The number of likely N-dealkylation sites (tertiary alicyclic amines) is 1. The molecule has 8 nitrogen and oxygen atoms in total. The van der Waals surface area contributed by atoms with Crippen molar-refractivity contribution in [3.8, 4) is 0 Å². The van der Waals surface area contributed by atoms with E-state index >= 15 is 0 Å². The monoisotopic (exact) mass is 436 g/mol. The molecule has 0 bridgehead atoms. The zero-order valence-electron chi connectivity index (χ0n) is 13.9. The number of hydrogen-bond acceptors (Lipinski definition) is 4. The lowest BCUT2D eigenvalue weighted by Crippen LogP contribution is -2.63. The van der Waals surface area contributed by atoms with Gasteiger partial charge in [-0.2, -0.15) is 5.10 Å². The minimum absolute atomic E-state index is 0. The molecule has 1 aliphatic heterocycles. The average molecular weight is 436 g/mol. The Balaban J connectivity index is 0.00000264. The third-order valence-corrected chi connectivity index (χ3v) is 3.10. The molecular formula is C14H25IN6O2. The minimum atomic E-state index is -0.461. The van der Waals surface area contributed by atoms with Crippen LogP contribution in [0.2, 0.25) is 0 Å². The fourth-order valence-electron chi connectivity index (χ4n) is 2.00. The van der Waals surface area contributed by atoms with E-state index in [4.69, 9.17) is 4.74 Å². The van der Waals surface area contributed by atoms with E-state index in [9.17, 15) is 4.79 Å². The molecule has 0 spiro atoms. The van der Waals surface area contributed by atoms with Crippen LogP contribution in [0.25, 0.3) is 0 Å². The van der Waals surface area contributed by atoms with Crippen LogP contribution in [-0.4, -0.2) is 58.9 Å². The normalized spacial score (nSPS) is 15.5. The Labute approximate surface area is 153 Å². The molecule has 130 valence electrons. The van der Waals surface area contributed by atoms with Gasteiger partial charge in [-0.05, 0) is 26.8 Å². The number of carbonyl (C=O) groups is 1. The number of H-pyrrole nitrogens is 1. The van der Waals surface area contributed by atoms with E-state index in [1.807, 2.05) is 26.8 Å². The first-order valence-corrected chi connectivity index (χ1v) is 7.31. The number of rotatable bonds is 3. The van der Waals surface area contributed by atoms with Gasteiger partial charge in [0.15, 0.2) is 5.96 Å². The molecule has 1 aromatic heterocycles. The molecule has 2 heterocycles. The summed E-state index contributed by atoms with van der Waals surface area (Å²) in [7, 11) is 1.71. The van der Waals surface area contributed by atoms with Crippen LogP contribution in [-0.2, 0) is 11.3 Å². The van der Waals surface area contributed by atoms with Gasteiger partial charge in [0, 0.05) is 26.3 Å². The first-order valence-electron chi connectivity index (χ1n) is 7.31. The standard InChI is InChI=1S/C14H24N6O2.HI/c1-14(2,3)22-13(21)20-8-11(9-20)18-12(15-4)16-7-10-5-6-17-19-10;/h5-6,11H,7-9H2,1-4H3,(H,17,19)(H2,15,16,18);1H. The van der Waals surface area contributed by atoms with Crippen molar-refractivity contribution in [2.75, 3.05) is 20.1 Å². The number of guanidine groups is 1. The van der Waals surface area contributed by atoms with Crippen LogP contribution in [0.1, 0.15) is 26.5 Å². The molecule has 1 amide bonds. The molecule has 0 radical (unpaired) electrons. The third kappa shape index (κ3) is 6.24. The second-order valence-electron chi connectivity index (χ2n) is 6.23. The Bertz CT molecular complexity index is 520. The molecule has 0 atom stereocenters. The Morgan fingerprint density at radius 2 is 2.22 bits per heavy atom. The van der Waals surface area contributed by atoms with Gasteiger partial charge in [0.1, 0.15) is 5.60 Å². The summed E-state index contributed by atoms with van der Waals surface area (Å²) in [6.07, 6.45) is 1.43. The molecule has 9 heteroatoms. The van der Waals surface area contributed by atoms with Crippen LogP contribution in [0.4, 0.5) is 4.79 Å². The molecule has 1 fully saturated rings. The van der Waals surface area contributed by atoms with Crippen LogP contribution in [0.5, 0.6) is 0 Å². The van der Waals surface area contributed by atoms with Gasteiger partial charge in [0.25, 0.3) is 0 Å². The van der Waals surface area contributed by atoms with Crippen molar-refractivity contribution < 1.29 is 9.53 Å². The van der Waals surface area contributed by atoms with Crippen molar-refractivity contribution in [3.05, 3.63) is 18.0 Å². The summed E-state index contributed by atoms with van der Waals surface area (Å²) in [4.78, 5) is 17.7. The number of halogens is 1. The highest BCUT2D eigenvalue weighted by molar-refractivity contribution is 14.0. The van der Waals surface area contributed by atoms with E-state index in [2.05, 4.69) is 25.8 Å². The Morgan fingerprint density at radius 3 is 2.74 bits per heavy atom. The summed E-state index contributed by atoms with van der Waals surface area (Å²) in [6.45, 7) is 7.42. The molecule has 1 saturated heterocycles. The second-order valence-corrected chi connectivity index (χ2v) is 6.23. The van der Waals surface area contributed by atoms with Gasteiger partial charge in [-0.3, -0.25) is 10.1 Å². The van der Waals surface area contributed by atoms with Crippen LogP contribution in [0, 0.1) is 0 Å². The van der Waals surface area contributed by atoms with E-state index in [0.717, 1.165) is 5.69 Å². The number of nitrogens with zero attached hydrogens (tertiary/aromatic N) is 3. The number of aromatic amines is 1. The number of aromatic nitrogens is 2. The first kappa shape index (κ1) is 19.5. The van der Waals surface area contributed by atoms with Crippen molar-refractivity contribution in [2.45, 2.75) is 39.0 Å². The van der Waals surface area contributed by atoms with Gasteiger partial charge in [0.05, 0.1) is 18.3 Å². The van der Waals surface area contributed by atoms with E-state index in [-0.39, 0.29) is 36.1 Å². The molecule has 2 rings (SSSR count). The van der Waals surface area contributed by atoms with Crippen LogP contribution in [0.15, 0.2) is 17.3 Å². The lowest BCUT2D eigenvalue weighted by atomic mass is 10.1. The van der Waals surface area contributed by atoms with E-state index in [0.29, 0.717) is 25.6 Å². The summed E-state index contributed by atoms with van der Waals surface area (Å²) in [6, 6.07) is 2.08. The molecule has 0 aromatic carbocycles. The highest BCUT2D eigenvalue weighted by Gasteiger charge is 2.34. The van der Waals surface area contributed by atoms with Crippen molar-refractivity contribution in [1.82, 2.24) is 25.7 Å². The Kier molecular flexibility index (Phi) is 7.10. The summed E-state index contributed by atoms with van der Waals surface area (Å²) in [5.74, 6) is 0.698. The molecule has 3 N–H and O–H groups in total. The maximum atomic E-state index is 11.8. The summed E-state index contributed by atoms with van der Waals surface area (Å²) in [5.41, 5.74) is 0.518. The van der Waals surface area contributed by atoms with Gasteiger partial charge < -0.3 is 20.3 Å². The third-order valence-electron chi connectivity index (χ3n) is 3.10. The van der Waals surface area contributed by atoms with Crippen LogP contribution in [0.3, 0.4) is 0 Å². The molecule has 23 heavy (non-hydrogen) atoms. The molecule has 1 aromatic rings. The summed E-state index contributed by atoms with van der Waals surface area (Å²) >= 11 is 0. The number of aliphatic imine (C=N–C) groups is 1. The molecule has 0 aliphatic carbocycles. The fourth-order valence-corrected chi connectivity index (χ4v) is 2.00. The van der Waals surface area contributed by atoms with E-state index in [1.54, 1.807) is 18.1 Å². The van der Waals surface area contributed by atoms with Gasteiger partial charge in [-0.25, -0.2) is 4.79 Å². The predicted molar refractivity (Wildman–Crippen MR) is 98.9 cm³/mol. The lowest BCUT2D eigenvalue weighted by molar-refractivity contribution is 0.00701. The molecule has 0 unspecified atom stereocenters. The SMILES string of the molecule is CN=C(NCc1ccn[nH]1)NC1CN(C(=O)OC(C)(C)C)C1.I. The van der Waals surface area contributed by atoms with Crippen molar-refractivity contribution in [3.63, 3.8) is 0 Å². The zero-order chi connectivity index (χ0) is 16.2. The topological polar surface area (TPSA) is 94.6 Å². The smallest absolute Gasteiger partial charge is 0.410 e. The van der Waals surface area contributed by atoms with E-state index in [1.165, 1.54) is 0 Å². The number of nitrogens with one attached hydrogen (secondary N) is 3. The van der Waals surface area contributed by atoms with Crippen molar-refractivity contribution in [2.24, 2.45) is 4.99 Å². The summed E-state index contributed by atoms with van der Waals surface area (Å²) in [5, 5.41) is 13.2. The fraction of sp³-hybridized carbons (Fsp3) is 0.643. The number of ether oxygens (including phenoxy) is 1. The van der Waals surface area contributed by atoms with E-state index < -0.39 is 5.60 Å². The minimum Gasteiger partial charge on any atom is -0.444 e. The van der Waals surface area contributed by atoms with Crippen LogP contribution < -0.4 is 10.6 Å². The maximum Gasteiger partial charge on any atom is 0.410 e. The molecule has 0 saturated carbocycles.